The van der Waals surface area contributed by atoms with Gasteiger partial charge in [0, 0.05) is 30.2 Å². The minimum Gasteiger partial charge on any atom is -0.461 e. The number of hydrogen-bond acceptors (Lipinski definition) is 8. The van der Waals surface area contributed by atoms with E-state index in [0.717, 1.165) is 5.82 Å². The number of furan rings is 1. The molecule has 4 aromatic heterocycles. The van der Waals surface area contributed by atoms with Crippen molar-refractivity contribution in [2.24, 2.45) is 0 Å². The highest BCUT2D eigenvalue weighted by molar-refractivity contribution is 6.03. The number of carbonyl (C=O) groups excluding carboxylic acids is 1. The maximum Gasteiger partial charge on any atom is 0.277 e. The van der Waals surface area contributed by atoms with E-state index in [4.69, 9.17) is 13.7 Å². The van der Waals surface area contributed by atoms with Crippen molar-refractivity contribution in [1.82, 2.24) is 24.7 Å². The second-order valence-corrected chi connectivity index (χ2v) is 6.69. The van der Waals surface area contributed by atoms with E-state index in [1.165, 1.54) is 18.7 Å². The summed E-state index contributed by atoms with van der Waals surface area (Å²) in [6.45, 7) is 1.88. The molecule has 0 atom stereocenters. The van der Waals surface area contributed by atoms with Crippen LogP contribution in [0.2, 0.25) is 0 Å². The van der Waals surface area contributed by atoms with Crippen molar-refractivity contribution < 1.29 is 18.5 Å². The van der Waals surface area contributed by atoms with Crippen LogP contribution in [0.5, 0.6) is 11.6 Å². The molecule has 0 bridgehead atoms. The molecule has 0 unspecified atom stereocenters. The Morgan fingerprint density at radius 1 is 1.06 bits per heavy atom. The number of imidazole rings is 1. The summed E-state index contributed by atoms with van der Waals surface area (Å²) in [6, 6.07) is 13.5. The van der Waals surface area contributed by atoms with Crippen molar-refractivity contribution in [1.29, 1.82) is 0 Å². The van der Waals surface area contributed by atoms with E-state index >= 15 is 0 Å². The SMILES string of the molecule is Cc1nccn1-c1cc(Oc2ccc(NC(=O)c3cc(-c4ccco4)on3)cc2)ncn1. The van der Waals surface area contributed by atoms with Crippen molar-refractivity contribution in [3.8, 4) is 29.0 Å². The second-order valence-electron chi connectivity index (χ2n) is 6.69. The Labute approximate surface area is 181 Å². The monoisotopic (exact) mass is 428 g/mol. The summed E-state index contributed by atoms with van der Waals surface area (Å²) in [7, 11) is 0. The average Bonchev–Trinajstić information content (AvgIpc) is 3.57. The number of carbonyl (C=O) groups is 1. The fraction of sp³-hybridized carbons (Fsp3) is 0.0455. The molecule has 5 rings (SSSR count). The molecule has 1 N–H and O–H groups in total. The van der Waals surface area contributed by atoms with Gasteiger partial charge in [-0.05, 0) is 43.3 Å². The van der Waals surface area contributed by atoms with Gasteiger partial charge < -0.3 is 19.0 Å². The first-order chi connectivity index (χ1) is 15.7. The Hall–Kier alpha value is -4.73. The fourth-order valence-electron chi connectivity index (χ4n) is 2.98. The number of rotatable bonds is 6. The molecule has 0 aliphatic carbocycles. The molecular formula is C22H16N6O4. The van der Waals surface area contributed by atoms with Gasteiger partial charge in [-0.15, -0.1) is 0 Å². The van der Waals surface area contributed by atoms with Crippen LogP contribution >= 0.6 is 0 Å². The number of aryl methyl sites for hydroxylation is 1. The fourth-order valence-corrected chi connectivity index (χ4v) is 2.98. The van der Waals surface area contributed by atoms with Gasteiger partial charge in [-0.3, -0.25) is 9.36 Å². The Morgan fingerprint density at radius 2 is 1.94 bits per heavy atom. The average molecular weight is 428 g/mol. The summed E-state index contributed by atoms with van der Waals surface area (Å²) in [5, 5.41) is 6.54. The minimum absolute atomic E-state index is 0.139. The van der Waals surface area contributed by atoms with Crippen molar-refractivity contribution in [3.05, 3.63) is 85.0 Å². The number of anilines is 1. The summed E-state index contributed by atoms with van der Waals surface area (Å²) >= 11 is 0. The van der Waals surface area contributed by atoms with Gasteiger partial charge in [0.25, 0.3) is 5.91 Å². The molecule has 1 amide bonds. The Morgan fingerprint density at radius 3 is 2.69 bits per heavy atom. The lowest BCUT2D eigenvalue weighted by atomic mass is 10.2. The maximum absolute atomic E-state index is 12.4. The standard InChI is InChI=1S/C22H16N6O4/c1-14-23-8-9-28(14)20-12-21(25-13-24-20)31-16-6-4-15(5-7-16)26-22(29)17-11-19(32-27-17)18-3-2-10-30-18/h2-13H,1H3,(H,26,29). The quantitative estimate of drug-likeness (QED) is 0.426. The lowest BCUT2D eigenvalue weighted by Gasteiger charge is -2.08. The highest BCUT2D eigenvalue weighted by atomic mass is 16.5. The zero-order chi connectivity index (χ0) is 21.9. The van der Waals surface area contributed by atoms with Crippen molar-refractivity contribution in [2.45, 2.75) is 6.92 Å². The number of hydrogen-bond donors (Lipinski definition) is 1. The van der Waals surface area contributed by atoms with Gasteiger partial charge in [-0.2, -0.15) is 0 Å². The van der Waals surface area contributed by atoms with Gasteiger partial charge in [0.05, 0.1) is 6.26 Å². The van der Waals surface area contributed by atoms with Crippen LogP contribution in [0.3, 0.4) is 0 Å². The molecule has 5 aromatic rings. The third-order valence-corrected chi connectivity index (χ3v) is 4.54. The van der Waals surface area contributed by atoms with Gasteiger partial charge in [0.15, 0.2) is 11.5 Å². The lowest BCUT2D eigenvalue weighted by Crippen LogP contribution is -2.11. The largest absolute Gasteiger partial charge is 0.461 e. The third kappa shape index (κ3) is 3.97. The summed E-state index contributed by atoms with van der Waals surface area (Å²) in [5.41, 5.74) is 0.711. The molecule has 32 heavy (non-hydrogen) atoms. The van der Waals surface area contributed by atoms with Crippen molar-refractivity contribution in [3.63, 3.8) is 0 Å². The van der Waals surface area contributed by atoms with Crippen molar-refractivity contribution in [2.75, 3.05) is 5.32 Å². The van der Waals surface area contributed by atoms with Crippen LogP contribution in [0.4, 0.5) is 5.69 Å². The molecule has 10 nitrogen and oxygen atoms in total. The first kappa shape index (κ1) is 19.2. The van der Waals surface area contributed by atoms with E-state index in [1.54, 1.807) is 48.7 Å². The Bertz CT molecular complexity index is 1360. The van der Waals surface area contributed by atoms with Crippen LogP contribution in [0.25, 0.3) is 17.3 Å². The summed E-state index contributed by atoms with van der Waals surface area (Å²) in [5.74, 6) is 2.85. The van der Waals surface area contributed by atoms with Crippen LogP contribution in [-0.4, -0.2) is 30.6 Å². The van der Waals surface area contributed by atoms with Gasteiger partial charge in [0.2, 0.25) is 11.6 Å². The molecule has 0 saturated heterocycles. The number of aromatic nitrogens is 5. The minimum atomic E-state index is -0.406. The summed E-state index contributed by atoms with van der Waals surface area (Å²) in [4.78, 5) is 25.0. The number of nitrogens with one attached hydrogen (secondary N) is 1. The first-order valence-corrected chi connectivity index (χ1v) is 9.58. The summed E-state index contributed by atoms with van der Waals surface area (Å²) < 4.78 is 18.0. The molecule has 0 radical (unpaired) electrons. The second kappa shape index (κ2) is 8.19. The van der Waals surface area contributed by atoms with Gasteiger partial charge in [0.1, 0.15) is 23.7 Å². The van der Waals surface area contributed by atoms with Crippen molar-refractivity contribution >= 4 is 11.6 Å². The third-order valence-electron chi connectivity index (χ3n) is 4.54. The Kier molecular flexibility index (Phi) is 4.92. The molecule has 4 heterocycles. The molecule has 0 fully saturated rings. The molecule has 0 saturated carbocycles. The van der Waals surface area contributed by atoms with E-state index in [2.05, 4.69) is 25.4 Å². The van der Waals surface area contributed by atoms with Gasteiger partial charge in [-0.25, -0.2) is 15.0 Å². The van der Waals surface area contributed by atoms with Crippen LogP contribution in [-0.2, 0) is 0 Å². The zero-order valence-corrected chi connectivity index (χ0v) is 16.8. The predicted molar refractivity (Wildman–Crippen MR) is 113 cm³/mol. The molecule has 158 valence electrons. The lowest BCUT2D eigenvalue weighted by molar-refractivity contribution is 0.101. The molecule has 10 heteroatoms. The topological polar surface area (TPSA) is 121 Å². The highest BCUT2D eigenvalue weighted by Crippen LogP contribution is 2.24. The van der Waals surface area contributed by atoms with Crippen LogP contribution in [0.15, 0.2) is 82.5 Å². The van der Waals surface area contributed by atoms with Crippen LogP contribution < -0.4 is 10.1 Å². The van der Waals surface area contributed by atoms with E-state index in [9.17, 15) is 4.79 Å². The van der Waals surface area contributed by atoms with E-state index in [-0.39, 0.29) is 5.69 Å². The molecule has 1 aromatic carbocycles. The highest BCUT2D eigenvalue weighted by Gasteiger charge is 2.15. The molecule has 0 spiro atoms. The number of nitrogens with zero attached hydrogens (tertiary/aromatic N) is 5. The number of ether oxygens (including phenoxy) is 1. The van der Waals surface area contributed by atoms with E-state index in [1.807, 2.05) is 17.7 Å². The first-order valence-electron chi connectivity index (χ1n) is 9.58. The summed E-state index contributed by atoms with van der Waals surface area (Å²) in [6.07, 6.45) is 6.45. The number of benzene rings is 1. The number of amides is 1. The maximum atomic E-state index is 12.4. The van der Waals surface area contributed by atoms with Gasteiger partial charge >= 0.3 is 0 Å². The zero-order valence-electron chi connectivity index (χ0n) is 16.8. The Balaban J connectivity index is 1.25. The molecule has 0 aliphatic rings. The normalized spacial score (nSPS) is 10.8. The van der Waals surface area contributed by atoms with E-state index < -0.39 is 5.91 Å². The molecule has 0 aliphatic heterocycles. The smallest absolute Gasteiger partial charge is 0.277 e. The molecular weight excluding hydrogens is 412 g/mol. The van der Waals surface area contributed by atoms with Crippen LogP contribution in [0.1, 0.15) is 16.3 Å². The van der Waals surface area contributed by atoms with E-state index in [0.29, 0.717) is 34.7 Å². The predicted octanol–water partition coefficient (Wildman–Crippen LogP) is 4.26. The van der Waals surface area contributed by atoms with Gasteiger partial charge in [-0.1, -0.05) is 5.16 Å². The van der Waals surface area contributed by atoms with Crippen LogP contribution in [0, 0.1) is 6.92 Å².